The number of benzene rings is 1. The minimum Gasteiger partial charge on any atom is -0.480 e. The van der Waals surface area contributed by atoms with Gasteiger partial charge in [-0.3, -0.25) is 9.59 Å². The molecule has 1 aromatic rings. The Bertz CT molecular complexity index is 740. The van der Waals surface area contributed by atoms with Crippen LogP contribution in [-0.2, 0) is 26.0 Å². The van der Waals surface area contributed by atoms with Crippen LogP contribution >= 0.6 is 0 Å². The van der Waals surface area contributed by atoms with Gasteiger partial charge in [0.05, 0.1) is 4.90 Å². The molecular formula is C19H28N2O5S. The predicted molar refractivity (Wildman–Crippen MR) is 102 cm³/mol. The van der Waals surface area contributed by atoms with E-state index in [9.17, 15) is 18.0 Å². The van der Waals surface area contributed by atoms with Crippen molar-refractivity contribution < 1.29 is 23.1 Å². The summed E-state index contributed by atoms with van der Waals surface area (Å²) in [7, 11) is -3.45. The Hall–Kier alpha value is -1.93. The number of nitrogens with zero attached hydrogens (tertiary/aromatic N) is 2. The van der Waals surface area contributed by atoms with E-state index in [1.54, 1.807) is 24.3 Å². The quantitative estimate of drug-likeness (QED) is 0.690. The van der Waals surface area contributed by atoms with E-state index >= 15 is 0 Å². The van der Waals surface area contributed by atoms with Gasteiger partial charge in [-0.05, 0) is 43.4 Å². The molecule has 8 heteroatoms. The van der Waals surface area contributed by atoms with Crippen LogP contribution in [0.4, 0.5) is 0 Å². The molecule has 0 unspecified atom stereocenters. The van der Waals surface area contributed by atoms with E-state index < -0.39 is 16.0 Å². The van der Waals surface area contributed by atoms with Crippen LogP contribution in [0.15, 0.2) is 29.2 Å². The van der Waals surface area contributed by atoms with E-state index in [1.165, 1.54) is 9.21 Å². The number of aliphatic carboxylic acids is 1. The Balaban J connectivity index is 1.96. The van der Waals surface area contributed by atoms with Crippen molar-refractivity contribution in [2.75, 3.05) is 26.2 Å². The van der Waals surface area contributed by atoms with Crippen LogP contribution in [0.2, 0.25) is 0 Å². The van der Waals surface area contributed by atoms with Crippen molar-refractivity contribution in [2.45, 2.75) is 50.3 Å². The van der Waals surface area contributed by atoms with Crippen molar-refractivity contribution in [1.82, 2.24) is 9.21 Å². The minimum absolute atomic E-state index is 0.200. The monoisotopic (exact) mass is 396 g/mol. The first-order valence-corrected chi connectivity index (χ1v) is 10.9. The van der Waals surface area contributed by atoms with Gasteiger partial charge in [0.25, 0.3) is 0 Å². The second kappa shape index (κ2) is 9.85. The van der Waals surface area contributed by atoms with Crippen molar-refractivity contribution in [3.8, 4) is 0 Å². The highest BCUT2D eigenvalue weighted by Gasteiger charge is 2.25. The van der Waals surface area contributed by atoms with Crippen LogP contribution in [0.1, 0.15) is 44.6 Å². The fraction of sp³-hybridized carbons (Fsp3) is 0.579. The summed E-state index contributed by atoms with van der Waals surface area (Å²) in [6, 6.07) is 6.63. The number of carboxylic acid groups (broad SMARTS) is 1. The molecule has 0 aliphatic carbocycles. The molecule has 1 fully saturated rings. The number of aryl methyl sites for hydroxylation is 1. The van der Waals surface area contributed by atoms with Gasteiger partial charge < -0.3 is 10.0 Å². The molecule has 1 aliphatic heterocycles. The molecule has 0 aromatic heterocycles. The topological polar surface area (TPSA) is 95.0 Å². The van der Waals surface area contributed by atoms with Crippen LogP contribution in [-0.4, -0.2) is 60.8 Å². The molecule has 1 aliphatic rings. The van der Waals surface area contributed by atoms with E-state index in [1.807, 2.05) is 6.92 Å². The minimum atomic E-state index is -3.45. The lowest BCUT2D eigenvalue weighted by Crippen LogP contribution is -2.36. The number of hydrogen-bond donors (Lipinski definition) is 1. The Morgan fingerprint density at radius 3 is 2.30 bits per heavy atom. The van der Waals surface area contributed by atoms with Gasteiger partial charge >= 0.3 is 5.97 Å². The van der Waals surface area contributed by atoms with Crippen LogP contribution in [0.25, 0.3) is 0 Å². The lowest BCUT2D eigenvalue weighted by molar-refractivity contribution is -0.144. The van der Waals surface area contributed by atoms with Crippen LogP contribution in [0, 0.1) is 0 Å². The lowest BCUT2D eigenvalue weighted by atomic mass is 10.1. The molecule has 0 radical (unpaired) electrons. The van der Waals surface area contributed by atoms with E-state index in [2.05, 4.69) is 0 Å². The molecule has 0 bridgehead atoms. The zero-order valence-electron chi connectivity index (χ0n) is 15.8. The summed E-state index contributed by atoms with van der Waals surface area (Å²) in [5.41, 5.74) is 0.854. The van der Waals surface area contributed by atoms with Gasteiger partial charge in [0.15, 0.2) is 0 Å². The van der Waals surface area contributed by atoms with Crippen molar-refractivity contribution in [3.63, 3.8) is 0 Å². The molecule has 0 spiro atoms. The smallest absolute Gasteiger partial charge is 0.323 e. The van der Waals surface area contributed by atoms with Gasteiger partial charge in [-0.15, -0.1) is 0 Å². The maximum atomic E-state index is 12.6. The number of amides is 1. The number of hydrogen-bond acceptors (Lipinski definition) is 4. The second-order valence-corrected chi connectivity index (χ2v) is 8.76. The Morgan fingerprint density at radius 2 is 1.74 bits per heavy atom. The lowest BCUT2D eigenvalue weighted by Gasteiger charge is -2.25. The van der Waals surface area contributed by atoms with Crippen molar-refractivity contribution in [3.05, 3.63) is 29.8 Å². The highest BCUT2D eigenvalue weighted by atomic mass is 32.2. The van der Waals surface area contributed by atoms with Gasteiger partial charge in [0, 0.05) is 26.1 Å². The van der Waals surface area contributed by atoms with Crippen molar-refractivity contribution >= 4 is 21.9 Å². The maximum Gasteiger partial charge on any atom is 0.323 e. The fourth-order valence-electron chi connectivity index (χ4n) is 3.22. The van der Waals surface area contributed by atoms with Gasteiger partial charge in [-0.25, -0.2) is 8.42 Å². The van der Waals surface area contributed by atoms with Crippen LogP contribution in [0.5, 0.6) is 0 Å². The number of rotatable bonds is 9. The second-order valence-electron chi connectivity index (χ2n) is 6.82. The maximum absolute atomic E-state index is 12.6. The first kappa shape index (κ1) is 21.4. The Labute approximate surface area is 161 Å². The third-order valence-corrected chi connectivity index (χ3v) is 6.59. The van der Waals surface area contributed by atoms with E-state index in [0.717, 1.165) is 24.8 Å². The normalized spacial score (nSPS) is 15.4. The van der Waals surface area contributed by atoms with Gasteiger partial charge in [-0.2, -0.15) is 4.31 Å². The summed E-state index contributed by atoms with van der Waals surface area (Å²) in [4.78, 5) is 24.7. The summed E-state index contributed by atoms with van der Waals surface area (Å²) < 4.78 is 26.8. The molecule has 1 heterocycles. The van der Waals surface area contributed by atoms with E-state index in [-0.39, 0.29) is 23.8 Å². The molecule has 1 aromatic carbocycles. The van der Waals surface area contributed by atoms with E-state index in [0.29, 0.717) is 32.5 Å². The van der Waals surface area contributed by atoms with Crippen LogP contribution < -0.4 is 0 Å². The molecular weight excluding hydrogens is 368 g/mol. The third kappa shape index (κ3) is 6.04. The fourth-order valence-corrected chi connectivity index (χ4v) is 4.73. The first-order chi connectivity index (χ1) is 12.8. The average Bonchev–Trinajstić information content (AvgIpc) is 2.66. The zero-order chi connectivity index (χ0) is 19.9. The molecule has 27 heavy (non-hydrogen) atoms. The van der Waals surface area contributed by atoms with Crippen LogP contribution in [0.3, 0.4) is 0 Å². The molecule has 0 saturated carbocycles. The van der Waals surface area contributed by atoms with Gasteiger partial charge in [-0.1, -0.05) is 25.5 Å². The summed E-state index contributed by atoms with van der Waals surface area (Å²) in [6.45, 7) is 3.15. The number of piperidine rings is 1. The summed E-state index contributed by atoms with van der Waals surface area (Å²) in [5, 5.41) is 8.90. The summed E-state index contributed by atoms with van der Waals surface area (Å²) in [6.07, 6.45) is 4.19. The summed E-state index contributed by atoms with van der Waals surface area (Å²) >= 11 is 0. The standard InChI is InChI=1S/C19H28N2O5S/c1-2-12-20(15-19(23)24)18(22)11-8-16-6-9-17(10-7-16)27(25,26)21-13-4-3-5-14-21/h6-7,9-10H,2-5,8,11-15H2,1H3,(H,23,24). The SMILES string of the molecule is CCCN(CC(=O)O)C(=O)CCc1ccc(S(=O)(=O)N2CCCCC2)cc1. The number of carbonyl (C=O) groups is 2. The molecule has 1 amide bonds. The number of sulfonamides is 1. The first-order valence-electron chi connectivity index (χ1n) is 9.43. The highest BCUT2D eigenvalue weighted by Crippen LogP contribution is 2.21. The third-order valence-electron chi connectivity index (χ3n) is 4.68. The summed E-state index contributed by atoms with van der Waals surface area (Å²) in [5.74, 6) is -1.23. The largest absolute Gasteiger partial charge is 0.480 e. The number of carbonyl (C=O) groups excluding carboxylic acids is 1. The molecule has 150 valence electrons. The molecule has 1 N–H and O–H groups in total. The van der Waals surface area contributed by atoms with Gasteiger partial charge in [0.2, 0.25) is 15.9 Å². The van der Waals surface area contributed by atoms with Crippen molar-refractivity contribution in [2.24, 2.45) is 0 Å². The zero-order valence-corrected chi connectivity index (χ0v) is 16.6. The Morgan fingerprint density at radius 1 is 1.11 bits per heavy atom. The predicted octanol–water partition coefficient (Wildman–Crippen LogP) is 2.12. The van der Waals surface area contributed by atoms with Gasteiger partial charge in [0.1, 0.15) is 6.54 Å². The highest BCUT2D eigenvalue weighted by molar-refractivity contribution is 7.89. The average molecular weight is 397 g/mol. The van der Waals surface area contributed by atoms with E-state index in [4.69, 9.17) is 5.11 Å². The number of carboxylic acids is 1. The Kier molecular flexibility index (Phi) is 7.79. The molecule has 7 nitrogen and oxygen atoms in total. The molecule has 0 atom stereocenters. The van der Waals surface area contributed by atoms with Crippen molar-refractivity contribution in [1.29, 1.82) is 0 Å². The molecule has 2 rings (SSSR count). The molecule has 1 saturated heterocycles.